The normalized spacial score (nSPS) is 17.0. The summed E-state index contributed by atoms with van der Waals surface area (Å²) in [4.78, 5) is 57.0. The Bertz CT molecular complexity index is 3950. The van der Waals surface area contributed by atoms with E-state index in [9.17, 15) is 51.1 Å². The predicted molar refractivity (Wildman–Crippen MR) is 320 cm³/mol. The molecule has 1 aliphatic carbocycles. The number of piperidine rings is 1. The fourth-order valence-corrected chi connectivity index (χ4v) is 12.8. The molecule has 0 radical (unpaired) electrons. The summed E-state index contributed by atoms with van der Waals surface area (Å²) in [5.74, 6) is 4.77. The van der Waals surface area contributed by atoms with Crippen molar-refractivity contribution in [2.75, 3.05) is 31.1 Å². The van der Waals surface area contributed by atoms with Crippen molar-refractivity contribution in [3.8, 4) is 45.8 Å². The van der Waals surface area contributed by atoms with Crippen LogP contribution in [-0.4, -0.2) is 96.6 Å². The molecule has 17 nitrogen and oxygen atoms in total. The molecular weight excluding hydrogens is 1100 g/mol. The van der Waals surface area contributed by atoms with Crippen LogP contribution in [0.15, 0.2) is 141 Å². The van der Waals surface area contributed by atoms with E-state index in [1.165, 1.54) is 42.5 Å². The van der Waals surface area contributed by atoms with E-state index in [4.69, 9.17) is 8.60 Å². The molecule has 0 spiro atoms. The van der Waals surface area contributed by atoms with Gasteiger partial charge in [0.05, 0.1) is 15.9 Å². The van der Waals surface area contributed by atoms with Crippen LogP contribution in [0.4, 0.5) is 11.4 Å². The smallest absolute Gasteiger partial charge is 0.357 e. The van der Waals surface area contributed by atoms with E-state index in [1.54, 1.807) is 54.3 Å². The highest BCUT2D eigenvalue weighted by Crippen LogP contribution is 2.49. The Morgan fingerprint density at radius 3 is 2.35 bits per heavy atom. The van der Waals surface area contributed by atoms with Crippen molar-refractivity contribution in [3.63, 3.8) is 0 Å². The van der Waals surface area contributed by atoms with Crippen molar-refractivity contribution in [1.29, 1.82) is 0 Å². The lowest BCUT2D eigenvalue weighted by atomic mass is 9.81. The largest absolute Gasteiger partial charge is 0.508 e. The Morgan fingerprint density at radius 2 is 1.64 bits per heavy atom. The van der Waals surface area contributed by atoms with Crippen molar-refractivity contribution in [2.45, 2.75) is 114 Å². The van der Waals surface area contributed by atoms with E-state index in [2.05, 4.69) is 46.6 Å². The van der Waals surface area contributed by atoms with Crippen molar-refractivity contribution >= 4 is 67.3 Å². The molecule has 432 valence electrons. The number of carboxylic acids is 1. The Kier molecular flexibility index (Phi) is 17.2. The van der Waals surface area contributed by atoms with Crippen molar-refractivity contribution < 1.29 is 59.5 Å². The van der Waals surface area contributed by atoms with Crippen LogP contribution >= 0.6 is 0 Å². The molecule has 5 N–H and O–H groups in total. The van der Waals surface area contributed by atoms with Gasteiger partial charge in [0.25, 0.3) is 16.0 Å². The zero-order valence-corrected chi connectivity index (χ0v) is 48.8. The monoisotopic (exact) mass is 1160 g/mol. The first kappa shape index (κ1) is 59.5. The van der Waals surface area contributed by atoms with E-state index in [0.717, 1.165) is 46.8 Å². The standard InChI is InChI=1S/C64H66N4O13S2/c1-7-9-15-30-64(31-34-66(35-32-64)60(72)41-20-25-46(49(36-41)61(73)74)59-47-26-21-42(69)37-54(47)80-55-38-43(70)22-27-48(55)59)65-58(71)19-14-11-16-33-68-53-28-23-44(81-82(75)76)39-50(53)62(3,4)57(68)18-13-10-12-17-56-63(5,6)51-40-45(83(77,78)79)24-29-52(51)67(56)8-2/h10,12-13,17-18,20-29,36-40H,8,11,14-16,19,30-35H2,1-6H3,(H4-,65,69,70,71,73,74,75,76,77,78,79)/p+1. The topological polar surface area (TPSA) is 244 Å². The van der Waals surface area contributed by atoms with Crippen LogP contribution in [0.2, 0.25) is 0 Å². The molecule has 1 saturated heterocycles. The maximum absolute atomic E-state index is 14.2. The maximum Gasteiger partial charge on any atom is 0.357 e. The number of nitrogens with one attached hydrogen (secondary N) is 1. The summed E-state index contributed by atoms with van der Waals surface area (Å²) in [5.41, 5.74) is 5.00. The van der Waals surface area contributed by atoms with Gasteiger partial charge in [-0.15, -0.1) is 11.8 Å². The lowest BCUT2D eigenvalue weighted by molar-refractivity contribution is -0.438. The minimum atomic E-state index is -4.39. The predicted octanol–water partition coefficient (Wildman–Crippen LogP) is 11.1. The van der Waals surface area contributed by atoms with E-state index >= 15 is 0 Å². The van der Waals surface area contributed by atoms with E-state index in [-0.39, 0.29) is 62.5 Å². The molecule has 4 aromatic rings. The molecule has 4 aromatic carbocycles. The van der Waals surface area contributed by atoms with Gasteiger partial charge in [-0.05, 0) is 144 Å². The zero-order chi connectivity index (χ0) is 59.6. The summed E-state index contributed by atoms with van der Waals surface area (Å²) in [6.07, 6.45) is 14.3. The number of carbonyl (C=O) groups is 3. The summed E-state index contributed by atoms with van der Waals surface area (Å²) in [7, 11) is -4.39. The highest BCUT2D eigenvalue weighted by molar-refractivity contribution is 7.85. The lowest BCUT2D eigenvalue weighted by Gasteiger charge is -2.42. The summed E-state index contributed by atoms with van der Waals surface area (Å²) in [5, 5.41) is 24.7. The van der Waals surface area contributed by atoms with Gasteiger partial charge in [0.1, 0.15) is 29.4 Å². The maximum atomic E-state index is 14.2. The third-order valence-electron chi connectivity index (χ3n) is 16.3. The molecule has 1 atom stereocenters. The number of aromatic carboxylic acids is 1. The Labute approximate surface area is 485 Å². The first-order chi connectivity index (χ1) is 39.5. The van der Waals surface area contributed by atoms with E-state index in [0.29, 0.717) is 80.4 Å². The van der Waals surface area contributed by atoms with Crippen LogP contribution in [0.25, 0.3) is 33.4 Å². The third kappa shape index (κ3) is 12.3. The summed E-state index contributed by atoms with van der Waals surface area (Å²) in [6, 6.07) is 23.3. The summed E-state index contributed by atoms with van der Waals surface area (Å²) >= 11 is -2.51. The number of benzene rings is 5. The van der Waals surface area contributed by atoms with Gasteiger partial charge in [0.2, 0.25) is 11.6 Å². The number of likely N-dealkylation sites (N-methyl/N-ethyl adjacent to an activating group) is 1. The number of carboxylic acid groups (broad SMARTS) is 1. The molecular formula is C64H67N4O13S2+. The molecule has 83 heavy (non-hydrogen) atoms. The number of hydrogen-bond acceptors (Lipinski definition) is 11. The number of aromatic hydroxyl groups is 1. The molecule has 4 aliphatic heterocycles. The van der Waals surface area contributed by atoms with E-state index < -0.39 is 43.8 Å². The zero-order valence-electron chi connectivity index (χ0n) is 47.2. The SMILES string of the molecule is CC#CCCC1(NC(=O)CCCCC[N+]2=C(/C=C/C=C/C=C3/N(CC)c4ccc(S(=O)(=O)O)cc4C3(C)C)C(C)(C)c3cc(OS(=O)O)ccc32)CCN(C(=O)c2ccc(-c3c4ccc(=O)cc-4oc4cc(O)ccc34)c(C(=O)O)c2)CC1. The number of hydrogen-bond donors (Lipinski definition) is 5. The van der Waals surface area contributed by atoms with Gasteiger partial charge in [0, 0.05) is 113 Å². The fourth-order valence-electron chi connectivity index (χ4n) is 12.0. The molecule has 1 unspecified atom stereocenters. The second kappa shape index (κ2) is 24.0. The van der Waals surface area contributed by atoms with Gasteiger partial charge in [-0.1, -0.05) is 38.1 Å². The molecule has 2 amide bonds. The van der Waals surface area contributed by atoms with Gasteiger partial charge in [-0.2, -0.15) is 17.2 Å². The van der Waals surface area contributed by atoms with E-state index in [1.807, 2.05) is 51.1 Å². The molecule has 9 rings (SSSR count). The van der Waals surface area contributed by atoms with Gasteiger partial charge in [0.15, 0.2) is 11.1 Å². The third-order valence-corrected chi connectivity index (χ3v) is 17.5. The molecule has 1 fully saturated rings. The Balaban J connectivity index is 0.862. The van der Waals surface area contributed by atoms with Crippen LogP contribution in [0.3, 0.4) is 0 Å². The molecule has 0 aromatic heterocycles. The van der Waals surface area contributed by atoms with Gasteiger partial charge in [-0.3, -0.25) is 23.5 Å². The minimum absolute atomic E-state index is 0.0732. The number of phenols is 1. The first-order valence-corrected chi connectivity index (χ1v) is 30.0. The van der Waals surface area contributed by atoms with Gasteiger partial charge < -0.3 is 33.9 Å². The number of fused-ring (bicyclic) bond motifs is 4. The van der Waals surface area contributed by atoms with Gasteiger partial charge >= 0.3 is 17.3 Å². The number of anilines is 1. The second-order valence-electron chi connectivity index (χ2n) is 22.2. The molecule has 0 saturated carbocycles. The molecule has 4 heterocycles. The molecule has 19 heteroatoms. The number of nitrogens with zero attached hydrogens (tertiary/aromatic N) is 3. The van der Waals surface area contributed by atoms with Crippen LogP contribution in [-0.2, 0) is 37.1 Å². The lowest BCUT2D eigenvalue weighted by Crippen LogP contribution is -2.56. The van der Waals surface area contributed by atoms with Crippen molar-refractivity contribution in [2.24, 2.45) is 0 Å². The highest BCUT2D eigenvalue weighted by Gasteiger charge is 2.45. The second-order valence-corrected chi connectivity index (χ2v) is 24.2. The number of phenolic OH excluding ortho intramolecular Hbond substituents is 1. The Hall–Kier alpha value is -8.15. The number of unbranched alkanes of at least 4 members (excludes halogenated alkanes) is 2. The summed E-state index contributed by atoms with van der Waals surface area (Å²) < 4.78 is 68.4. The number of amides is 2. The molecule has 5 aliphatic rings. The van der Waals surface area contributed by atoms with Gasteiger partial charge in [-0.25, -0.2) is 4.79 Å². The number of likely N-dealkylation sites (tertiary alicyclic amines) is 1. The quantitative estimate of drug-likeness (QED) is 0.00964. The van der Waals surface area contributed by atoms with Crippen LogP contribution in [0.5, 0.6) is 11.5 Å². The average molecular weight is 1160 g/mol. The average Bonchev–Trinajstić information content (AvgIpc) is 3.59. The van der Waals surface area contributed by atoms with Crippen LogP contribution in [0.1, 0.15) is 125 Å². The number of carbonyl (C=O) groups excluding carboxylic acids is 2. The van der Waals surface area contributed by atoms with Crippen molar-refractivity contribution in [1.82, 2.24) is 10.2 Å². The summed E-state index contributed by atoms with van der Waals surface area (Å²) in [6.45, 7) is 13.9. The van der Waals surface area contributed by atoms with Crippen molar-refractivity contribution in [3.05, 3.63) is 160 Å². The van der Waals surface area contributed by atoms with Crippen LogP contribution in [0, 0.1) is 11.8 Å². The first-order valence-electron chi connectivity index (χ1n) is 27.6. The highest BCUT2D eigenvalue weighted by atomic mass is 32.2. The Morgan fingerprint density at radius 1 is 0.880 bits per heavy atom. The fraction of sp³-hybridized carbons (Fsp3) is 0.328. The molecule has 0 bridgehead atoms. The number of allylic oxidation sites excluding steroid dienone is 6. The minimum Gasteiger partial charge on any atom is -0.508 e. The number of rotatable bonds is 19. The van der Waals surface area contributed by atoms with Crippen LogP contribution < -0.4 is 19.8 Å².